The first-order valence-corrected chi connectivity index (χ1v) is 8.76. The van der Waals surface area contributed by atoms with E-state index in [9.17, 15) is 4.79 Å². The Bertz CT molecular complexity index is 453. The van der Waals surface area contributed by atoms with Crippen LogP contribution >= 0.6 is 43.6 Å². The van der Waals surface area contributed by atoms with Crippen molar-refractivity contribution in [3.63, 3.8) is 0 Å². The Kier molecular flexibility index (Phi) is 5.15. The summed E-state index contributed by atoms with van der Waals surface area (Å²) in [4.78, 5) is 12.2. The summed E-state index contributed by atoms with van der Waals surface area (Å²) in [7, 11) is 0. The van der Waals surface area contributed by atoms with Crippen LogP contribution in [-0.2, 0) is 0 Å². The van der Waals surface area contributed by atoms with Gasteiger partial charge in [0.05, 0.1) is 5.56 Å². The highest BCUT2D eigenvalue weighted by molar-refractivity contribution is 9.11. The molecule has 0 heterocycles. The normalized spacial score (nSPS) is 23.1. The molecule has 0 aromatic heterocycles. The molecule has 1 aliphatic rings. The van der Waals surface area contributed by atoms with E-state index in [0.29, 0.717) is 16.9 Å². The topological polar surface area (TPSA) is 29.1 Å². The zero-order valence-electron chi connectivity index (χ0n) is 10.1. The third-order valence-electron chi connectivity index (χ3n) is 3.23. The minimum absolute atomic E-state index is 0.00919. The molecular weight excluding hydrogens is 378 g/mol. The second-order valence-corrected chi connectivity index (χ2v) is 7.37. The highest BCUT2D eigenvalue weighted by Crippen LogP contribution is 2.29. The highest BCUT2D eigenvalue weighted by atomic mass is 79.9. The minimum Gasteiger partial charge on any atom is -0.349 e. The van der Waals surface area contributed by atoms with E-state index >= 15 is 0 Å². The van der Waals surface area contributed by atoms with E-state index in [1.54, 1.807) is 0 Å². The summed E-state index contributed by atoms with van der Waals surface area (Å²) >= 11 is 8.71. The van der Waals surface area contributed by atoms with Gasteiger partial charge in [-0.3, -0.25) is 4.79 Å². The maximum atomic E-state index is 12.2. The summed E-state index contributed by atoms with van der Waals surface area (Å²) in [5, 5.41) is 3.82. The first-order valence-electron chi connectivity index (χ1n) is 5.89. The van der Waals surface area contributed by atoms with E-state index in [1.165, 1.54) is 6.42 Å². The van der Waals surface area contributed by atoms with Gasteiger partial charge in [-0.05, 0) is 59.6 Å². The highest BCUT2D eigenvalue weighted by Gasteiger charge is 2.25. The number of benzene rings is 1. The van der Waals surface area contributed by atoms with Crippen molar-refractivity contribution in [3.8, 4) is 0 Å². The molecule has 2 nitrogen and oxygen atoms in total. The van der Waals surface area contributed by atoms with Crippen LogP contribution in [0, 0.1) is 0 Å². The number of rotatable bonds is 3. The van der Waals surface area contributed by atoms with Crippen LogP contribution in [0.1, 0.15) is 29.6 Å². The number of hydrogen-bond donors (Lipinski definition) is 1. The third kappa shape index (κ3) is 3.52. The van der Waals surface area contributed by atoms with Gasteiger partial charge in [-0.2, -0.15) is 11.8 Å². The van der Waals surface area contributed by atoms with Crippen LogP contribution in [-0.4, -0.2) is 23.5 Å². The van der Waals surface area contributed by atoms with E-state index in [-0.39, 0.29) is 5.91 Å². The Morgan fingerprint density at radius 1 is 1.39 bits per heavy atom. The molecule has 1 amide bonds. The van der Waals surface area contributed by atoms with Crippen molar-refractivity contribution in [1.82, 2.24) is 5.32 Å². The average Bonchev–Trinajstić information content (AvgIpc) is 2.80. The van der Waals surface area contributed by atoms with Gasteiger partial charge in [0.1, 0.15) is 0 Å². The van der Waals surface area contributed by atoms with Crippen LogP contribution in [0.15, 0.2) is 27.1 Å². The van der Waals surface area contributed by atoms with Gasteiger partial charge in [0, 0.05) is 20.2 Å². The maximum Gasteiger partial charge on any atom is 0.252 e. The lowest BCUT2D eigenvalue weighted by molar-refractivity contribution is 0.0937. The summed E-state index contributed by atoms with van der Waals surface area (Å²) in [6.07, 6.45) is 5.51. The fraction of sp³-hybridized carbons (Fsp3) is 0.462. The minimum atomic E-state index is 0.00919. The fourth-order valence-corrected chi connectivity index (χ4v) is 3.80. The van der Waals surface area contributed by atoms with Crippen LogP contribution in [0.2, 0.25) is 0 Å². The first kappa shape index (κ1) is 14.4. The lowest BCUT2D eigenvalue weighted by Crippen LogP contribution is -2.33. The summed E-state index contributed by atoms with van der Waals surface area (Å²) in [5.41, 5.74) is 0.692. The quantitative estimate of drug-likeness (QED) is 0.833. The second kappa shape index (κ2) is 6.44. The van der Waals surface area contributed by atoms with Crippen LogP contribution in [0.4, 0.5) is 0 Å². The van der Waals surface area contributed by atoms with Crippen molar-refractivity contribution in [3.05, 3.63) is 32.7 Å². The van der Waals surface area contributed by atoms with E-state index < -0.39 is 0 Å². The number of carbonyl (C=O) groups excluding carboxylic acids is 1. The molecule has 1 saturated carbocycles. The number of nitrogens with one attached hydrogen (secondary N) is 1. The Labute approximate surface area is 129 Å². The third-order valence-corrected chi connectivity index (χ3v) is 5.51. The molecule has 0 aliphatic heterocycles. The second-order valence-electron chi connectivity index (χ2n) is 4.47. The van der Waals surface area contributed by atoms with Gasteiger partial charge in [0.15, 0.2) is 0 Å². The summed E-state index contributed by atoms with van der Waals surface area (Å²) < 4.78 is 1.76. The molecule has 0 radical (unpaired) electrons. The number of halogens is 2. The average molecular weight is 393 g/mol. The zero-order valence-corrected chi connectivity index (χ0v) is 14.1. The summed E-state index contributed by atoms with van der Waals surface area (Å²) in [5.74, 6) is 0.00919. The Balaban J connectivity index is 2.02. The van der Waals surface area contributed by atoms with E-state index in [4.69, 9.17) is 0 Å². The maximum absolute atomic E-state index is 12.2. The number of hydrogen-bond acceptors (Lipinski definition) is 2. The Morgan fingerprint density at radius 2 is 2.17 bits per heavy atom. The van der Waals surface area contributed by atoms with Gasteiger partial charge in [0.25, 0.3) is 5.91 Å². The summed E-state index contributed by atoms with van der Waals surface area (Å²) in [6.45, 7) is 0. The Morgan fingerprint density at radius 3 is 2.83 bits per heavy atom. The lowest BCUT2D eigenvalue weighted by Gasteiger charge is -2.13. The first-order chi connectivity index (χ1) is 8.60. The van der Waals surface area contributed by atoms with Crippen molar-refractivity contribution >= 4 is 49.5 Å². The van der Waals surface area contributed by atoms with Crippen LogP contribution < -0.4 is 5.32 Å². The monoisotopic (exact) mass is 391 g/mol. The molecule has 2 atom stereocenters. The van der Waals surface area contributed by atoms with E-state index in [2.05, 4.69) is 43.4 Å². The molecule has 1 aromatic rings. The SMILES string of the molecule is CSC1CCC(NC(=O)c2cc(Br)ccc2Br)C1. The molecule has 5 heteroatoms. The fourth-order valence-electron chi connectivity index (χ4n) is 2.22. The predicted molar refractivity (Wildman–Crippen MR) is 84.3 cm³/mol. The van der Waals surface area contributed by atoms with Gasteiger partial charge in [-0.15, -0.1) is 0 Å². The standard InChI is InChI=1S/C13H15Br2NOS/c1-18-10-4-3-9(7-10)16-13(17)11-6-8(14)2-5-12(11)15/h2,5-6,9-10H,3-4,7H2,1H3,(H,16,17). The molecule has 1 N–H and O–H groups in total. The van der Waals surface area contributed by atoms with Gasteiger partial charge < -0.3 is 5.32 Å². The zero-order chi connectivity index (χ0) is 13.1. The molecule has 0 saturated heterocycles. The van der Waals surface area contributed by atoms with Crippen molar-refractivity contribution in [1.29, 1.82) is 0 Å². The van der Waals surface area contributed by atoms with Gasteiger partial charge in [-0.25, -0.2) is 0 Å². The molecule has 1 aliphatic carbocycles. The predicted octanol–water partition coefficient (Wildman–Crippen LogP) is 4.23. The Hall–Kier alpha value is -0.000000000000000111. The van der Waals surface area contributed by atoms with Crippen molar-refractivity contribution in [2.45, 2.75) is 30.6 Å². The lowest BCUT2D eigenvalue weighted by atomic mass is 10.2. The van der Waals surface area contributed by atoms with Crippen LogP contribution in [0.3, 0.4) is 0 Å². The molecule has 18 heavy (non-hydrogen) atoms. The van der Waals surface area contributed by atoms with Crippen LogP contribution in [0.25, 0.3) is 0 Å². The largest absolute Gasteiger partial charge is 0.349 e. The molecular formula is C13H15Br2NOS. The molecule has 98 valence electrons. The van der Waals surface area contributed by atoms with Crippen molar-refractivity contribution in [2.24, 2.45) is 0 Å². The number of thioether (sulfide) groups is 1. The number of carbonyl (C=O) groups is 1. The van der Waals surface area contributed by atoms with Gasteiger partial charge in [0.2, 0.25) is 0 Å². The smallest absolute Gasteiger partial charge is 0.252 e. The van der Waals surface area contributed by atoms with Crippen molar-refractivity contribution in [2.75, 3.05) is 6.26 Å². The summed E-state index contributed by atoms with van der Waals surface area (Å²) in [6, 6.07) is 5.97. The van der Waals surface area contributed by atoms with Crippen LogP contribution in [0.5, 0.6) is 0 Å². The molecule has 1 fully saturated rings. The molecule has 0 bridgehead atoms. The molecule has 2 rings (SSSR count). The molecule has 1 aromatic carbocycles. The van der Waals surface area contributed by atoms with Gasteiger partial charge in [-0.1, -0.05) is 15.9 Å². The van der Waals surface area contributed by atoms with Crippen molar-refractivity contribution < 1.29 is 4.79 Å². The molecule has 2 unspecified atom stereocenters. The van der Waals surface area contributed by atoms with E-state index in [0.717, 1.165) is 21.8 Å². The molecule has 0 spiro atoms. The van der Waals surface area contributed by atoms with E-state index in [1.807, 2.05) is 30.0 Å². The van der Waals surface area contributed by atoms with Gasteiger partial charge >= 0.3 is 0 Å². The number of amides is 1.